The van der Waals surface area contributed by atoms with Crippen molar-refractivity contribution in [1.29, 1.82) is 0 Å². The van der Waals surface area contributed by atoms with E-state index >= 15 is 0 Å². The molecular weight excluding hydrogens is 279 g/mol. The quantitative estimate of drug-likeness (QED) is 0.898. The maximum Gasteiger partial charge on any atom is 0.169 e. The number of nitrogens with one attached hydrogen (secondary N) is 2. The smallest absolute Gasteiger partial charge is 0.169 e. The summed E-state index contributed by atoms with van der Waals surface area (Å²) in [6, 6.07) is 4.87. The van der Waals surface area contributed by atoms with Crippen molar-refractivity contribution in [2.24, 2.45) is 0 Å². The van der Waals surface area contributed by atoms with E-state index in [0.29, 0.717) is 6.07 Å². The van der Waals surface area contributed by atoms with Crippen LogP contribution in [0.2, 0.25) is 5.02 Å². The van der Waals surface area contributed by atoms with Crippen LogP contribution in [0.4, 0.5) is 30.5 Å². The summed E-state index contributed by atoms with van der Waals surface area (Å²) in [6.07, 6.45) is 0. The van der Waals surface area contributed by atoms with E-state index in [4.69, 9.17) is 11.6 Å². The maximum atomic E-state index is 13.6. The third-order valence-corrected chi connectivity index (χ3v) is 2.66. The van der Waals surface area contributed by atoms with Crippen molar-refractivity contribution in [3.8, 4) is 0 Å². The average molecular weight is 288 g/mol. The van der Waals surface area contributed by atoms with Gasteiger partial charge in [0.2, 0.25) is 0 Å². The largest absolute Gasteiger partial charge is 0.371 e. The van der Waals surface area contributed by atoms with Gasteiger partial charge in [0.15, 0.2) is 29.1 Å². The Kier molecular flexibility index (Phi) is 3.80. The third-order valence-electron chi connectivity index (χ3n) is 2.37. The zero-order chi connectivity index (χ0) is 14.0. The fourth-order valence-corrected chi connectivity index (χ4v) is 1.63. The minimum Gasteiger partial charge on any atom is -0.371 e. The van der Waals surface area contributed by atoms with Crippen LogP contribution in [-0.2, 0) is 0 Å². The van der Waals surface area contributed by atoms with Gasteiger partial charge in [0.25, 0.3) is 0 Å². The van der Waals surface area contributed by atoms with E-state index in [1.807, 2.05) is 0 Å². The van der Waals surface area contributed by atoms with Crippen LogP contribution in [0.15, 0.2) is 24.3 Å². The lowest BCUT2D eigenvalue weighted by atomic mass is 10.3. The Hall–Kier alpha value is -1.95. The van der Waals surface area contributed by atoms with Crippen molar-refractivity contribution in [2.75, 3.05) is 17.7 Å². The van der Waals surface area contributed by atoms with E-state index in [9.17, 15) is 13.2 Å². The molecule has 0 aliphatic carbocycles. The molecule has 7 heteroatoms. The van der Waals surface area contributed by atoms with Gasteiger partial charge >= 0.3 is 0 Å². The molecule has 0 unspecified atom stereocenters. The molecule has 0 amide bonds. The number of benzene rings is 1. The van der Waals surface area contributed by atoms with E-state index in [0.717, 1.165) is 0 Å². The Morgan fingerprint density at radius 1 is 1.11 bits per heavy atom. The molecular formula is C12H9ClF3N3. The van der Waals surface area contributed by atoms with Gasteiger partial charge in [-0.15, -0.1) is 0 Å². The molecule has 2 rings (SSSR count). The highest BCUT2D eigenvalue weighted by molar-refractivity contribution is 6.31. The van der Waals surface area contributed by atoms with Gasteiger partial charge < -0.3 is 10.6 Å². The second kappa shape index (κ2) is 5.36. The lowest BCUT2D eigenvalue weighted by Gasteiger charge is -2.10. The first-order valence-electron chi connectivity index (χ1n) is 5.27. The summed E-state index contributed by atoms with van der Waals surface area (Å²) in [5.41, 5.74) is -0.0486. The summed E-state index contributed by atoms with van der Waals surface area (Å²) in [6.45, 7) is 0. The molecule has 0 bridgehead atoms. The first-order valence-corrected chi connectivity index (χ1v) is 5.65. The number of rotatable bonds is 3. The normalized spacial score (nSPS) is 10.4. The molecule has 0 saturated heterocycles. The van der Waals surface area contributed by atoms with Gasteiger partial charge in [0, 0.05) is 13.1 Å². The van der Waals surface area contributed by atoms with E-state index in [1.165, 1.54) is 25.2 Å². The number of aromatic nitrogens is 1. The maximum absolute atomic E-state index is 13.6. The molecule has 19 heavy (non-hydrogen) atoms. The van der Waals surface area contributed by atoms with Gasteiger partial charge in [0.1, 0.15) is 0 Å². The van der Waals surface area contributed by atoms with Crippen molar-refractivity contribution >= 4 is 28.9 Å². The van der Waals surface area contributed by atoms with Gasteiger partial charge in [-0.1, -0.05) is 17.7 Å². The SMILES string of the molecule is CNc1nc(Nc2cccc(Cl)c2F)c(F)cc1F. The molecule has 0 saturated carbocycles. The Morgan fingerprint density at radius 2 is 1.79 bits per heavy atom. The number of pyridine rings is 1. The molecule has 1 aromatic heterocycles. The van der Waals surface area contributed by atoms with Crippen LogP contribution in [0.25, 0.3) is 0 Å². The lowest BCUT2D eigenvalue weighted by molar-refractivity contribution is 0.579. The third kappa shape index (κ3) is 2.73. The fraction of sp³-hybridized carbons (Fsp3) is 0.0833. The monoisotopic (exact) mass is 287 g/mol. The van der Waals surface area contributed by atoms with Crippen molar-refractivity contribution in [1.82, 2.24) is 4.98 Å². The summed E-state index contributed by atoms with van der Waals surface area (Å²) < 4.78 is 40.4. The molecule has 3 nitrogen and oxygen atoms in total. The van der Waals surface area contributed by atoms with Crippen LogP contribution in [0.5, 0.6) is 0 Å². The summed E-state index contributed by atoms with van der Waals surface area (Å²) in [5, 5.41) is 4.78. The van der Waals surface area contributed by atoms with Gasteiger partial charge in [0.05, 0.1) is 10.7 Å². The number of halogens is 4. The molecule has 1 heterocycles. The van der Waals surface area contributed by atoms with Crippen LogP contribution in [-0.4, -0.2) is 12.0 Å². The first kappa shape index (κ1) is 13.5. The van der Waals surface area contributed by atoms with Crippen molar-refractivity contribution < 1.29 is 13.2 Å². The van der Waals surface area contributed by atoms with E-state index in [2.05, 4.69) is 15.6 Å². The van der Waals surface area contributed by atoms with Crippen LogP contribution >= 0.6 is 11.6 Å². The number of hydrogen-bond acceptors (Lipinski definition) is 3. The molecule has 0 aliphatic rings. The van der Waals surface area contributed by atoms with Gasteiger partial charge in [-0.3, -0.25) is 0 Å². The Morgan fingerprint density at radius 3 is 2.47 bits per heavy atom. The lowest BCUT2D eigenvalue weighted by Crippen LogP contribution is -2.04. The minimum absolute atomic E-state index is 0.0486. The zero-order valence-corrected chi connectivity index (χ0v) is 10.5. The van der Waals surface area contributed by atoms with Gasteiger partial charge in [-0.05, 0) is 12.1 Å². The molecule has 0 radical (unpaired) electrons. The van der Waals surface area contributed by atoms with Crippen LogP contribution in [0.3, 0.4) is 0 Å². The molecule has 0 spiro atoms. The highest BCUT2D eigenvalue weighted by atomic mass is 35.5. The molecule has 0 aliphatic heterocycles. The fourth-order valence-electron chi connectivity index (χ4n) is 1.46. The molecule has 100 valence electrons. The van der Waals surface area contributed by atoms with Gasteiger partial charge in [-0.25, -0.2) is 18.2 Å². The zero-order valence-electron chi connectivity index (χ0n) is 9.77. The summed E-state index contributed by atoms with van der Waals surface area (Å²) >= 11 is 5.60. The summed E-state index contributed by atoms with van der Waals surface area (Å²) in [4.78, 5) is 3.67. The van der Waals surface area contributed by atoms with E-state index < -0.39 is 17.5 Å². The second-order valence-electron chi connectivity index (χ2n) is 3.63. The van der Waals surface area contributed by atoms with Crippen LogP contribution in [0, 0.1) is 17.5 Å². The standard InChI is InChI=1S/C12H9ClF3N3/c1-17-11-7(14)5-8(15)12(19-11)18-9-4-2-3-6(13)10(9)16/h2-5H,1H3,(H2,17,18,19). The Labute approximate surface area is 112 Å². The van der Waals surface area contributed by atoms with Crippen molar-refractivity contribution in [2.45, 2.75) is 0 Å². The second-order valence-corrected chi connectivity index (χ2v) is 4.03. The number of nitrogens with zero attached hydrogens (tertiary/aromatic N) is 1. The highest BCUT2D eigenvalue weighted by Crippen LogP contribution is 2.27. The van der Waals surface area contributed by atoms with Crippen molar-refractivity contribution in [3.63, 3.8) is 0 Å². The summed E-state index contributed by atoms with van der Waals surface area (Å²) in [7, 11) is 1.44. The highest BCUT2D eigenvalue weighted by Gasteiger charge is 2.13. The Bertz CT molecular complexity index is 619. The van der Waals surface area contributed by atoms with Gasteiger partial charge in [-0.2, -0.15) is 0 Å². The minimum atomic E-state index is -0.934. The number of anilines is 3. The average Bonchev–Trinajstić information content (AvgIpc) is 2.38. The predicted molar refractivity (Wildman–Crippen MR) is 68.4 cm³/mol. The summed E-state index contributed by atoms with van der Waals surface area (Å²) in [5.74, 6) is -2.95. The topological polar surface area (TPSA) is 37.0 Å². The molecule has 0 fully saturated rings. The molecule has 0 atom stereocenters. The van der Waals surface area contributed by atoms with E-state index in [-0.39, 0.29) is 22.3 Å². The van der Waals surface area contributed by atoms with Crippen molar-refractivity contribution in [3.05, 3.63) is 46.7 Å². The number of hydrogen-bond donors (Lipinski definition) is 2. The molecule has 1 aromatic carbocycles. The van der Waals surface area contributed by atoms with Crippen LogP contribution in [0.1, 0.15) is 0 Å². The molecule has 2 N–H and O–H groups in total. The first-order chi connectivity index (χ1) is 9.02. The Balaban J connectivity index is 2.41. The predicted octanol–water partition coefficient (Wildman–Crippen LogP) is 3.94. The van der Waals surface area contributed by atoms with Crippen LogP contribution < -0.4 is 10.6 Å². The molecule has 2 aromatic rings. The van der Waals surface area contributed by atoms with E-state index in [1.54, 1.807) is 0 Å².